The molecule has 0 spiro atoms. The van der Waals surface area contributed by atoms with Crippen LogP contribution in [0.3, 0.4) is 0 Å². The van der Waals surface area contributed by atoms with E-state index >= 15 is 0 Å². The van der Waals surface area contributed by atoms with Gasteiger partial charge in [0.05, 0.1) is 12.6 Å². The minimum absolute atomic E-state index is 0.190. The molecule has 0 aromatic heterocycles. The van der Waals surface area contributed by atoms with Crippen molar-refractivity contribution < 1.29 is 9.90 Å². The molecule has 2 N–H and O–H groups in total. The van der Waals surface area contributed by atoms with Crippen LogP contribution in [0.5, 0.6) is 0 Å². The number of carbonyl (C=O) groups is 1. The average Bonchev–Trinajstić information content (AvgIpc) is 2.44. The van der Waals surface area contributed by atoms with Crippen molar-refractivity contribution in [2.75, 3.05) is 6.61 Å². The van der Waals surface area contributed by atoms with Gasteiger partial charge >= 0.3 is 0 Å². The van der Waals surface area contributed by atoms with Gasteiger partial charge in [0.1, 0.15) is 0 Å². The van der Waals surface area contributed by atoms with Crippen LogP contribution in [0.4, 0.5) is 0 Å². The SMILES string of the molecule is O=C(N[C@H](CO)c1ccccc1)c1cc(Cl)cc(Cl)c1. The molecule has 0 aliphatic rings. The summed E-state index contributed by atoms with van der Waals surface area (Å²) in [5.41, 5.74) is 1.19. The molecule has 0 bridgehead atoms. The van der Waals surface area contributed by atoms with Crippen molar-refractivity contribution in [3.05, 3.63) is 69.7 Å². The highest BCUT2D eigenvalue weighted by atomic mass is 35.5. The van der Waals surface area contributed by atoms with Crippen molar-refractivity contribution in [3.8, 4) is 0 Å². The van der Waals surface area contributed by atoms with Gasteiger partial charge in [0, 0.05) is 15.6 Å². The Hall–Kier alpha value is -1.55. The molecule has 0 unspecified atom stereocenters. The summed E-state index contributed by atoms with van der Waals surface area (Å²) in [4.78, 5) is 12.2. The Bertz CT molecular complexity index is 582. The molecule has 0 saturated heterocycles. The minimum atomic E-state index is -0.471. The van der Waals surface area contributed by atoms with Gasteiger partial charge in [0.25, 0.3) is 5.91 Å². The van der Waals surface area contributed by atoms with Crippen LogP contribution in [0, 0.1) is 0 Å². The molecule has 0 radical (unpaired) electrons. The van der Waals surface area contributed by atoms with Gasteiger partial charge in [-0.25, -0.2) is 0 Å². The van der Waals surface area contributed by atoms with Crippen LogP contribution in [0.15, 0.2) is 48.5 Å². The molecule has 2 aromatic carbocycles. The normalized spacial score (nSPS) is 11.9. The first-order valence-electron chi connectivity index (χ1n) is 6.03. The first-order chi connectivity index (χ1) is 9.60. The molecule has 2 rings (SSSR count). The Morgan fingerprint density at radius 2 is 1.70 bits per heavy atom. The van der Waals surface area contributed by atoms with Crippen molar-refractivity contribution in [3.63, 3.8) is 0 Å². The van der Waals surface area contributed by atoms with Crippen LogP contribution in [-0.4, -0.2) is 17.6 Å². The number of amides is 1. The van der Waals surface area contributed by atoms with Crippen LogP contribution >= 0.6 is 23.2 Å². The van der Waals surface area contributed by atoms with E-state index < -0.39 is 6.04 Å². The maximum absolute atomic E-state index is 12.2. The van der Waals surface area contributed by atoms with Gasteiger partial charge in [-0.15, -0.1) is 0 Å². The lowest BCUT2D eigenvalue weighted by Gasteiger charge is -2.17. The molecule has 0 heterocycles. The number of hydrogen-bond donors (Lipinski definition) is 2. The summed E-state index contributed by atoms with van der Waals surface area (Å²) in [6.07, 6.45) is 0. The van der Waals surface area contributed by atoms with Gasteiger partial charge < -0.3 is 10.4 Å². The molecule has 0 aliphatic heterocycles. The van der Waals surface area contributed by atoms with Crippen LogP contribution in [0.25, 0.3) is 0 Å². The lowest BCUT2D eigenvalue weighted by molar-refractivity contribution is 0.0916. The van der Waals surface area contributed by atoms with Crippen molar-refractivity contribution in [2.45, 2.75) is 6.04 Å². The molecule has 1 amide bonds. The van der Waals surface area contributed by atoms with Crippen molar-refractivity contribution in [1.29, 1.82) is 0 Å². The van der Waals surface area contributed by atoms with Crippen molar-refractivity contribution in [1.82, 2.24) is 5.32 Å². The lowest BCUT2D eigenvalue weighted by Crippen LogP contribution is -2.30. The topological polar surface area (TPSA) is 49.3 Å². The van der Waals surface area contributed by atoms with Crippen LogP contribution in [-0.2, 0) is 0 Å². The Morgan fingerprint density at radius 1 is 1.10 bits per heavy atom. The number of halogens is 2. The zero-order valence-electron chi connectivity index (χ0n) is 10.5. The van der Waals surface area contributed by atoms with E-state index in [0.29, 0.717) is 15.6 Å². The van der Waals surface area contributed by atoms with E-state index in [1.807, 2.05) is 30.3 Å². The molecule has 2 aromatic rings. The molecular formula is C15H13Cl2NO2. The predicted molar refractivity (Wildman–Crippen MR) is 80.2 cm³/mol. The third-order valence-electron chi connectivity index (χ3n) is 2.81. The molecule has 1 atom stereocenters. The fourth-order valence-corrected chi connectivity index (χ4v) is 2.37. The monoisotopic (exact) mass is 309 g/mol. The fraction of sp³-hybridized carbons (Fsp3) is 0.133. The highest BCUT2D eigenvalue weighted by Gasteiger charge is 2.15. The number of benzene rings is 2. The third-order valence-corrected chi connectivity index (χ3v) is 3.25. The first kappa shape index (κ1) is 14.9. The lowest BCUT2D eigenvalue weighted by atomic mass is 10.1. The molecule has 3 nitrogen and oxygen atoms in total. The third kappa shape index (κ3) is 3.73. The number of carbonyl (C=O) groups excluding carboxylic acids is 1. The Kier molecular flexibility index (Phi) is 5.01. The number of aliphatic hydroxyl groups excluding tert-OH is 1. The zero-order chi connectivity index (χ0) is 14.5. The molecule has 0 aliphatic carbocycles. The van der Waals surface area contributed by atoms with E-state index in [1.165, 1.54) is 12.1 Å². The molecule has 20 heavy (non-hydrogen) atoms. The van der Waals surface area contributed by atoms with Gasteiger partial charge in [-0.2, -0.15) is 0 Å². The minimum Gasteiger partial charge on any atom is -0.394 e. The number of rotatable bonds is 4. The smallest absolute Gasteiger partial charge is 0.251 e. The van der Waals surface area contributed by atoms with Crippen molar-refractivity contribution >= 4 is 29.1 Å². The summed E-state index contributed by atoms with van der Waals surface area (Å²) < 4.78 is 0. The summed E-state index contributed by atoms with van der Waals surface area (Å²) in [7, 11) is 0. The van der Waals surface area contributed by atoms with Gasteiger partial charge in [-0.05, 0) is 23.8 Å². The Balaban J connectivity index is 2.17. The van der Waals surface area contributed by atoms with Gasteiger partial charge in [0.15, 0.2) is 0 Å². The molecule has 104 valence electrons. The second-order valence-corrected chi connectivity index (χ2v) is 5.15. The predicted octanol–water partition coefficient (Wildman–Crippen LogP) is 3.46. The summed E-state index contributed by atoms with van der Waals surface area (Å²) in [5, 5.41) is 12.9. The molecular weight excluding hydrogens is 297 g/mol. The van der Waals surface area contributed by atoms with E-state index in [4.69, 9.17) is 23.2 Å². The van der Waals surface area contributed by atoms with E-state index in [-0.39, 0.29) is 12.5 Å². The second kappa shape index (κ2) is 6.75. The van der Waals surface area contributed by atoms with E-state index in [1.54, 1.807) is 6.07 Å². The summed E-state index contributed by atoms with van der Waals surface area (Å²) >= 11 is 11.7. The maximum atomic E-state index is 12.2. The number of nitrogens with one attached hydrogen (secondary N) is 1. The molecule has 0 saturated carbocycles. The van der Waals surface area contributed by atoms with E-state index in [2.05, 4.69) is 5.32 Å². The van der Waals surface area contributed by atoms with Crippen LogP contribution < -0.4 is 5.32 Å². The molecule has 0 fully saturated rings. The van der Waals surface area contributed by atoms with Gasteiger partial charge in [-0.3, -0.25) is 4.79 Å². The van der Waals surface area contributed by atoms with E-state index in [0.717, 1.165) is 5.56 Å². The molecule has 5 heteroatoms. The summed E-state index contributed by atoms with van der Waals surface area (Å²) in [5.74, 6) is -0.336. The van der Waals surface area contributed by atoms with Gasteiger partial charge in [0.2, 0.25) is 0 Å². The Labute approximate surface area is 127 Å². The largest absolute Gasteiger partial charge is 0.394 e. The number of aliphatic hydroxyl groups is 1. The quantitative estimate of drug-likeness (QED) is 0.908. The van der Waals surface area contributed by atoms with Gasteiger partial charge in [-0.1, -0.05) is 53.5 Å². The Morgan fingerprint density at radius 3 is 2.25 bits per heavy atom. The summed E-state index contributed by atoms with van der Waals surface area (Å²) in [6.45, 7) is -0.190. The standard InChI is InChI=1S/C15H13Cl2NO2/c16-12-6-11(7-13(17)8-12)15(20)18-14(9-19)10-4-2-1-3-5-10/h1-8,14,19H,9H2,(H,18,20)/t14-/m1/s1. The first-order valence-corrected chi connectivity index (χ1v) is 6.78. The second-order valence-electron chi connectivity index (χ2n) is 4.28. The van der Waals surface area contributed by atoms with Crippen LogP contribution in [0.1, 0.15) is 22.0 Å². The number of hydrogen-bond acceptors (Lipinski definition) is 2. The van der Waals surface area contributed by atoms with Crippen molar-refractivity contribution in [2.24, 2.45) is 0 Å². The fourth-order valence-electron chi connectivity index (χ4n) is 1.85. The highest BCUT2D eigenvalue weighted by molar-refractivity contribution is 6.35. The zero-order valence-corrected chi connectivity index (χ0v) is 12.0. The highest BCUT2D eigenvalue weighted by Crippen LogP contribution is 2.20. The average molecular weight is 310 g/mol. The summed E-state index contributed by atoms with van der Waals surface area (Å²) in [6, 6.07) is 13.4. The maximum Gasteiger partial charge on any atom is 0.251 e. The van der Waals surface area contributed by atoms with Crippen LogP contribution in [0.2, 0.25) is 10.0 Å². The van der Waals surface area contributed by atoms with E-state index in [9.17, 15) is 9.90 Å².